The molecule has 7 nitrogen and oxygen atoms in total. The van der Waals surface area contributed by atoms with E-state index in [-0.39, 0.29) is 10.9 Å². The molecule has 2 rings (SSSR count). The van der Waals surface area contributed by atoms with Gasteiger partial charge in [0, 0.05) is 33.4 Å². The summed E-state index contributed by atoms with van der Waals surface area (Å²) in [4.78, 5) is 23.3. The smallest absolute Gasteiger partial charge is 0.302 e. The molecule has 1 aromatic rings. The van der Waals surface area contributed by atoms with Gasteiger partial charge >= 0.3 is 5.69 Å². The lowest BCUT2D eigenvalue weighted by atomic mass is 10.2. The van der Waals surface area contributed by atoms with Gasteiger partial charge in [-0.2, -0.15) is 4.31 Å². The average Bonchev–Trinajstić information content (AvgIpc) is 3.22. The molecule has 1 aliphatic carbocycles. The lowest BCUT2D eigenvalue weighted by Crippen LogP contribution is -2.44. The molecular weight excluding hydrogens is 282 g/mol. The number of aromatic nitrogens is 2. The van der Waals surface area contributed by atoms with Crippen LogP contribution in [0.2, 0.25) is 0 Å². The van der Waals surface area contributed by atoms with E-state index in [0.29, 0.717) is 5.92 Å². The molecule has 1 aliphatic rings. The largest absolute Gasteiger partial charge is 0.330 e. The van der Waals surface area contributed by atoms with Crippen LogP contribution in [0.15, 0.2) is 20.7 Å². The minimum atomic E-state index is -3.90. The Morgan fingerprint density at radius 3 is 2.35 bits per heavy atom. The van der Waals surface area contributed by atoms with E-state index in [4.69, 9.17) is 0 Å². The van der Waals surface area contributed by atoms with E-state index < -0.39 is 21.3 Å². The second-order valence-electron chi connectivity index (χ2n) is 5.35. The molecule has 1 fully saturated rings. The van der Waals surface area contributed by atoms with Crippen molar-refractivity contribution in [2.24, 2.45) is 20.0 Å². The molecule has 1 heterocycles. The van der Waals surface area contributed by atoms with Crippen molar-refractivity contribution < 1.29 is 8.42 Å². The molecule has 0 amide bonds. The first-order valence-corrected chi connectivity index (χ1v) is 7.86. The number of hydrogen-bond acceptors (Lipinski definition) is 4. The number of aryl methyl sites for hydroxylation is 1. The fraction of sp³-hybridized carbons (Fsp3) is 0.667. The van der Waals surface area contributed by atoms with Crippen LogP contribution in [0.3, 0.4) is 0 Å². The summed E-state index contributed by atoms with van der Waals surface area (Å²) in [5, 5.41) is 0. The van der Waals surface area contributed by atoms with Gasteiger partial charge in [-0.05, 0) is 25.7 Å². The van der Waals surface area contributed by atoms with Gasteiger partial charge in [-0.3, -0.25) is 9.36 Å². The minimum absolute atomic E-state index is 0.151. The monoisotopic (exact) mass is 301 g/mol. The molecule has 0 radical (unpaired) electrons. The third-order valence-corrected chi connectivity index (χ3v) is 5.88. The molecule has 1 atom stereocenters. The summed E-state index contributed by atoms with van der Waals surface area (Å²) in [5.41, 5.74) is -1.34. The molecular formula is C12H19N3O4S. The molecule has 1 unspecified atom stereocenters. The zero-order chi connectivity index (χ0) is 15.2. The Kier molecular flexibility index (Phi) is 3.64. The summed E-state index contributed by atoms with van der Waals surface area (Å²) in [6.45, 7) is 1.83. The lowest BCUT2D eigenvalue weighted by molar-refractivity contribution is 0.355. The van der Waals surface area contributed by atoms with E-state index in [9.17, 15) is 18.0 Å². The SMILES string of the molecule is CC(C1CC1)N(C)S(=O)(=O)c1cn(C)c(=O)n(C)c1=O. The van der Waals surface area contributed by atoms with Crippen molar-refractivity contribution in [3.63, 3.8) is 0 Å². The molecule has 0 bridgehead atoms. The topological polar surface area (TPSA) is 81.4 Å². The molecule has 20 heavy (non-hydrogen) atoms. The fourth-order valence-electron chi connectivity index (χ4n) is 2.20. The second-order valence-corrected chi connectivity index (χ2v) is 7.32. The molecule has 0 saturated heterocycles. The Bertz CT molecular complexity index is 743. The summed E-state index contributed by atoms with van der Waals surface area (Å²) < 4.78 is 28.2. The summed E-state index contributed by atoms with van der Waals surface area (Å²) >= 11 is 0. The number of hydrogen-bond donors (Lipinski definition) is 0. The van der Waals surface area contributed by atoms with Crippen LogP contribution >= 0.6 is 0 Å². The van der Waals surface area contributed by atoms with Crippen LogP contribution in [-0.2, 0) is 24.1 Å². The number of sulfonamides is 1. The van der Waals surface area contributed by atoms with Crippen molar-refractivity contribution in [1.29, 1.82) is 0 Å². The summed E-state index contributed by atoms with van der Waals surface area (Å²) in [7, 11) is 0.273. The Hall–Kier alpha value is -1.41. The molecule has 1 saturated carbocycles. The highest BCUT2D eigenvalue weighted by Crippen LogP contribution is 2.36. The van der Waals surface area contributed by atoms with Gasteiger partial charge in [0.2, 0.25) is 10.0 Å². The fourth-order valence-corrected chi connectivity index (χ4v) is 3.77. The van der Waals surface area contributed by atoms with Crippen LogP contribution in [-0.4, -0.2) is 34.9 Å². The van der Waals surface area contributed by atoms with Crippen LogP contribution in [0.4, 0.5) is 0 Å². The summed E-state index contributed by atoms with van der Waals surface area (Å²) in [6, 6.07) is -0.151. The van der Waals surface area contributed by atoms with E-state index in [0.717, 1.165) is 28.2 Å². The van der Waals surface area contributed by atoms with Gasteiger partial charge < -0.3 is 4.57 Å². The van der Waals surface area contributed by atoms with Gasteiger partial charge in [0.15, 0.2) is 4.90 Å². The van der Waals surface area contributed by atoms with Crippen LogP contribution in [0.5, 0.6) is 0 Å². The molecule has 8 heteroatoms. The van der Waals surface area contributed by atoms with Crippen molar-refractivity contribution >= 4 is 10.0 Å². The van der Waals surface area contributed by atoms with Gasteiger partial charge in [0.25, 0.3) is 5.56 Å². The van der Waals surface area contributed by atoms with Gasteiger partial charge in [0.1, 0.15) is 0 Å². The van der Waals surface area contributed by atoms with Crippen molar-refractivity contribution in [3.05, 3.63) is 27.0 Å². The maximum absolute atomic E-state index is 12.5. The second kappa shape index (κ2) is 4.85. The van der Waals surface area contributed by atoms with Crippen molar-refractivity contribution in [2.75, 3.05) is 7.05 Å². The van der Waals surface area contributed by atoms with Crippen LogP contribution in [0.25, 0.3) is 0 Å². The molecule has 112 valence electrons. The predicted octanol–water partition coefficient (Wildman–Crippen LogP) is -0.497. The zero-order valence-corrected chi connectivity index (χ0v) is 12.8. The van der Waals surface area contributed by atoms with E-state index in [1.165, 1.54) is 25.4 Å². The molecule has 0 spiro atoms. The molecule has 1 aromatic heterocycles. The first-order valence-electron chi connectivity index (χ1n) is 6.42. The Labute approximate surface area is 117 Å². The van der Waals surface area contributed by atoms with E-state index >= 15 is 0 Å². The normalized spacial score (nSPS) is 17.4. The summed E-state index contributed by atoms with van der Waals surface area (Å²) in [5.74, 6) is 0.353. The van der Waals surface area contributed by atoms with Gasteiger partial charge in [0.05, 0.1) is 0 Å². The van der Waals surface area contributed by atoms with Gasteiger partial charge in [-0.1, -0.05) is 0 Å². The zero-order valence-electron chi connectivity index (χ0n) is 12.0. The maximum atomic E-state index is 12.5. The highest BCUT2D eigenvalue weighted by atomic mass is 32.2. The van der Waals surface area contributed by atoms with E-state index in [2.05, 4.69) is 0 Å². The van der Waals surface area contributed by atoms with Crippen molar-refractivity contribution in [1.82, 2.24) is 13.4 Å². The first-order chi connectivity index (χ1) is 9.17. The van der Waals surface area contributed by atoms with E-state index in [1.807, 2.05) is 6.92 Å². The Morgan fingerprint density at radius 1 is 1.30 bits per heavy atom. The quantitative estimate of drug-likeness (QED) is 0.751. The van der Waals surface area contributed by atoms with Crippen molar-refractivity contribution in [2.45, 2.75) is 30.7 Å². The average molecular weight is 301 g/mol. The van der Waals surface area contributed by atoms with Crippen LogP contribution in [0.1, 0.15) is 19.8 Å². The van der Waals surface area contributed by atoms with Gasteiger partial charge in [-0.25, -0.2) is 13.2 Å². The standard InChI is InChI=1S/C12H19N3O4S/c1-8(9-5-6-9)15(4)20(18,19)10-7-13(2)12(17)14(3)11(10)16/h7-9H,5-6H2,1-4H3. The highest BCUT2D eigenvalue weighted by molar-refractivity contribution is 7.89. The number of rotatable bonds is 4. The molecule has 0 aliphatic heterocycles. The molecule has 0 aromatic carbocycles. The first kappa shape index (κ1) is 15.0. The molecule has 0 N–H and O–H groups in total. The Morgan fingerprint density at radius 2 is 1.85 bits per heavy atom. The maximum Gasteiger partial charge on any atom is 0.330 e. The summed E-state index contributed by atoms with van der Waals surface area (Å²) in [6.07, 6.45) is 3.11. The third kappa shape index (κ3) is 2.33. The highest BCUT2D eigenvalue weighted by Gasteiger charge is 2.37. The van der Waals surface area contributed by atoms with E-state index in [1.54, 1.807) is 0 Å². The van der Waals surface area contributed by atoms with Crippen LogP contribution in [0, 0.1) is 5.92 Å². The van der Waals surface area contributed by atoms with Gasteiger partial charge in [-0.15, -0.1) is 0 Å². The number of nitrogens with zero attached hydrogens (tertiary/aromatic N) is 3. The Balaban J connectivity index is 2.55. The minimum Gasteiger partial charge on any atom is -0.302 e. The predicted molar refractivity (Wildman–Crippen MR) is 74.1 cm³/mol. The third-order valence-electron chi connectivity index (χ3n) is 3.95. The van der Waals surface area contributed by atoms with Crippen molar-refractivity contribution in [3.8, 4) is 0 Å². The van der Waals surface area contributed by atoms with Crippen LogP contribution < -0.4 is 11.2 Å². The lowest BCUT2D eigenvalue weighted by Gasteiger charge is -2.24.